The van der Waals surface area contributed by atoms with Crippen LogP contribution < -0.4 is 14.8 Å². The van der Waals surface area contributed by atoms with Crippen molar-refractivity contribution in [1.29, 1.82) is 0 Å². The summed E-state index contributed by atoms with van der Waals surface area (Å²) in [5.74, 6) is 1.50. The molecule has 0 aliphatic carbocycles. The molecule has 0 heterocycles. The first-order valence-electron chi connectivity index (χ1n) is 8.47. The van der Waals surface area contributed by atoms with E-state index in [1.165, 1.54) is 11.1 Å². The van der Waals surface area contributed by atoms with Crippen LogP contribution in [0.4, 0.5) is 0 Å². The van der Waals surface area contributed by atoms with Gasteiger partial charge in [0.25, 0.3) is 0 Å². The zero-order chi connectivity index (χ0) is 17.2. The van der Waals surface area contributed by atoms with Crippen molar-refractivity contribution >= 4 is 0 Å². The van der Waals surface area contributed by atoms with Gasteiger partial charge in [-0.25, -0.2) is 0 Å². The van der Waals surface area contributed by atoms with Gasteiger partial charge in [-0.15, -0.1) is 0 Å². The first-order valence-corrected chi connectivity index (χ1v) is 8.47. The topological polar surface area (TPSA) is 30.5 Å². The third-order valence-electron chi connectivity index (χ3n) is 3.92. The van der Waals surface area contributed by atoms with E-state index in [9.17, 15) is 0 Å². The van der Waals surface area contributed by atoms with Gasteiger partial charge in [0.05, 0.1) is 7.11 Å². The second-order valence-corrected chi connectivity index (χ2v) is 5.72. The van der Waals surface area contributed by atoms with Crippen LogP contribution in [0.1, 0.15) is 36.9 Å². The standard InChI is InChI=1S/C21H27NO2/c1-4-9-19(18-10-7-6-8-11-18)22-16-17-12-13-20(24-14-5-2)21(15-17)23-3/h5-8,10-13,15,19,22H,2,4,9,14,16H2,1,3H3. The maximum absolute atomic E-state index is 5.60. The van der Waals surface area contributed by atoms with E-state index < -0.39 is 0 Å². The Morgan fingerprint density at radius 1 is 1.12 bits per heavy atom. The molecule has 3 heteroatoms. The number of nitrogens with one attached hydrogen (secondary N) is 1. The van der Waals surface area contributed by atoms with Crippen molar-refractivity contribution in [1.82, 2.24) is 5.32 Å². The van der Waals surface area contributed by atoms with E-state index >= 15 is 0 Å². The van der Waals surface area contributed by atoms with Crippen LogP contribution in [0.5, 0.6) is 11.5 Å². The summed E-state index contributed by atoms with van der Waals surface area (Å²) in [6, 6.07) is 17.0. The molecule has 2 rings (SSSR count). The molecular weight excluding hydrogens is 298 g/mol. The Labute approximate surface area is 145 Å². The third-order valence-corrected chi connectivity index (χ3v) is 3.92. The SMILES string of the molecule is C=CCOc1ccc(CNC(CCC)c2ccccc2)cc1OC. The van der Waals surface area contributed by atoms with E-state index in [-0.39, 0.29) is 0 Å². The molecule has 1 unspecified atom stereocenters. The summed E-state index contributed by atoms with van der Waals surface area (Å²) in [4.78, 5) is 0. The van der Waals surface area contributed by atoms with Gasteiger partial charge in [0.1, 0.15) is 6.61 Å². The zero-order valence-corrected chi connectivity index (χ0v) is 14.6. The lowest BCUT2D eigenvalue weighted by molar-refractivity contribution is 0.326. The zero-order valence-electron chi connectivity index (χ0n) is 14.6. The van der Waals surface area contributed by atoms with Gasteiger partial charge in [0.2, 0.25) is 0 Å². The van der Waals surface area contributed by atoms with Gasteiger partial charge in [-0.2, -0.15) is 0 Å². The van der Waals surface area contributed by atoms with Crippen molar-refractivity contribution in [2.24, 2.45) is 0 Å². The second-order valence-electron chi connectivity index (χ2n) is 5.72. The van der Waals surface area contributed by atoms with Gasteiger partial charge >= 0.3 is 0 Å². The number of hydrogen-bond acceptors (Lipinski definition) is 3. The lowest BCUT2D eigenvalue weighted by atomic mass is 10.0. The Balaban J connectivity index is 2.05. The van der Waals surface area contributed by atoms with Crippen molar-refractivity contribution in [2.75, 3.05) is 13.7 Å². The monoisotopic (exact) mass is 325 g/mol. The predicted molar refractivity (Wildman–Crippen MR) is 99.6 cm³/mol. The average molecular weight is 325 g/mol. The largest absolute Gasteiger partial charge is 0.493 e. The van der Waals surface area contributed by atoms with Crippen molar-refractivity contribution in [3.8, 4) is 11.5 Å². The molecule has 0 amide bonds. The van der Waals surface area contributed by atoms with Gasteiger partial charge < -0.3 is 14.8 Å². The number of methoxy groups -OCH3 is 1. The van der Waals surface area contributed by atoms with Crippen LogP contribution in [0.25, 0.3) is 0 Å². The van der Waals surface area contributed by atoms with E-state index in [1.807, 2.05) is 12.1 Å². The molecule has 1 N–H and O–H groups in total. The maximum Gasteiger partial charge on any atom is 0.161 e. The van der Waals surface area contributed by atoms with Crippen LogP contribution >= 0.6 is 0 Å². The minimum atomic E-state index is 0.360. The molecule has 2 aromatic rings. The van der Waals surface area contributed by atoms with Gasteiger partial charge in [-0.05, 0) is 29.7 Å². The highest BCUT2D eigenvalue weighted by atomic mass is 16.5. The van der Waals surface area contributed by atoms with Crippen LogP contribution in [-0.4, -0.2) is 13.7 Å². The first kappa shape index (κ1) is 18.1. The Bertz CT molecular complexity index is 625. The number of hydrogen-bond donors (Lipinski definition) is 1. The summed E-state index contributed by atoms with van der Waals surface area (Å²) in [6.07, 6.45) is 3.98. The Hall–Kier alpha value is -2.26. The molecule has 0 fully saturated rings. The summed E-state index contributed by atoms with van der Waals surface area (Å²) in [5, 5.41) is 3.65. The van der Waals surface area contributed by atoms with Crippen LogP contribution in [0.2, 0.25) is 0 Å². The number of benzene rings is 2. The van der Waals surface area contributed by atoms with E-state index in [2.05, 4.69) is 55.2 Å². The Morgan fingerprint density at radius 3 is 2.58 bits per heavy atom. The Kier molecular flexibility index (Phi) is 7.37. The number of rotatable bonds is 10. The summed E-state index contributed by atoms with van der Waals surface area (Å²) < 4.78 is 11.0. The van der Waals surface area contributed by atoms with Gasteiger partial charge in [-0.1, -0.05) is 62.4 Å². The molecule has 0 aliphatic heterocycles. The molecule has 2 aromatic carbocycles. The van der Waals surface area contributed by atoms with Crippen molar-refractivity contribution in [3.63, 3.8) is 0 Å². The molecule has 0 saturated carbocycles. The molecule has 0 aliphatic rings. The van der Waals surface area contributed by atoms with Crippen LogP contribution in [0.15, 0.2) is 61.2 Å². The fourth-order valence-corrected chi connectivity index (χ4v) is 2.69. The van der Waals surface area contributed by atoms with Crippen LogP contribution in [0, 0.1) is 0 Å². The van der Waals surface area contributed by atoms with Gasteiger partial charge in [0.15, 0.2) is 11.5 Å². The lowest BCUT2D eigenvalue weighted by Gasteiger charge is -2.19. The highest BCUT2D eigenvalue weighted by Gasteiger charge is 2.11. The summed E-state index contributed by atoms with van der Waals surface area (Å²) in [5.41, 5.74) is 2.51. The fraction of sp³-hybridized carbons (Fsp3) is 0.333. The first-order chi connectivity index (χ1) is 11.8. The highest BCUT2D eigenvalue weighted by molar-refractivity contribution is 5.43. The second kappa shape index (κ2) is 9.78. The summed E-state index contributed by atoms with van der Waals surface area (Å²) in [7, 11) is 1.66. The van der Waals surface area contributed by atoms with E-state index in [0.717, 1.165) is 30.9 Å². The quantitative estimate of drug-likeness (QED) is 0.631. The third kappa shape index (κ3) is 5.14. The molecule has 24 heavy (non-hydrogen) atoms. The van der Waals surface area contributed by atoms with Crippen LogP contribution in [0.3, 0.4) is 0 Å². The molecule has 0 radical (unpaired) electrons. The van der Waals surface area contributed by atoms with E-state index in [0.29, 0.717) is 12.6 Å². The summed E-state index contributed by atoms with van der Waals surface area (Å²) in [6.45, 7) is 7.14. The smallest absolute Gasteiger partial charge is 0.161 e. The predicted octanol–water partition coefficient (Wildman–Crippen LogP) is 4.89. The molecule has 0 aromatic heterocycles. The molecule has 0 saturated heterocycles. The molecular formula is C21H27NO2. The lowest BCUT2D eigenvalue weighted by Crippen LogP contribution is -2.20. The normalized spacial score (nSPS) is 11.8. The Morgan fingerprint density at radius 2 is 1.92 bits per heavy atom. The maximum atomic E-state index is 5.60. The fourth-order valence-electron chi connectivity index (χ4n) is 2.69. The van der Waals surface area contributed by atoms with E-state index in [4.69, 9.17) is 9.47 Å². The van der Waals surface area contributed by atoms with Gasteiger partial charge in [0, 0.05) is 12.6 Å². The molecule has 3 nitrogen and oxygen atoms in total. The summed E-state index contributed by atoms with van der Waals surface area (Å²) >= 11 is 0. The molecule has 1 atom stereocenters. The minimum Gasteiger partial charge on any atom is -0.493 e. The molecule has 0 spiro atoms. The van der Waals surface area contributed by atoms with Gasteiger partial charge in [-0.3, -0.25) is 0 Å². The minimum absolute atomic E-state index is 0.360. The number of ether oxygens (including phenoxy) is 2. The highest BCUT2D eigenvalue weighted by Crippen LogP contribution is 2.28. The molecule has 128 valence electrons. The average Bonchev–Trinajstić information content (AvgIpc) is 2.64. The van der Waals surface area contributed by atoms with Crippen LogP contribution in [-0.2, 0) is 6.54 Å². The van der Waals surface area contributed by atoms with Crippen molar-refractivity contribution in [2.45, 2.75) is 32.4 Å². The van der Waals surface area contributed by atoms with Crippen molar-refractivity contribution < 1.29 is 9.47 Å². The van der Waals surface area contributed by atoms with Crippen molar-refractivity contribution in [3.05, 3.63) is 72.3 Å². The molecule has 0 bridgehead atoms. The van der Waals surface area contributed by atoms with E-state index in [1.54, 1.807) is 13.2 Å².